The van der Waals surface area contributed by atoms with Crippen molar-refractivity contribution in [3.63, 3.8) is 0 Å². The van der Waals surface area contributed by atoms with Crippen LogP contribution in [0.15, 0.2) is 41.8 Å². The summed E-state index contributed by atoms with van der Waals surface area (Å²) < 4.78 is 0. The molecule has 6 nitrogen and oxygen atoms in total. The number of benzene rings is 1. The molecule has 24 heavy (non-hydrogen) atoms. The molecule has 1 heterocycles. The Kier molecular flexibility index (Phi) is 6.08. The Balaban J connectivity index is 1.87. The van der Waals surface area contributed by atoms with Gasteiger partial charge in [-0.25, -0.2) is 4.79 Å². The van der Waals surface area contributed by atoms with Crippen LogP contribution in [0.25, 0.3) is 0 Å². The first-order valence-corrected chi connectivity index (χ1v) is 8.20. The Morgan fingerprint density at radius 2 is 1.79 bits per heavy atom. The first kappa shape index (κ1) is 17.7. The van der Waals surface area contributed by atoms with E-state index in [1.54, 1.807) is 29.6 Å². The predicted molar refractivity (Wildman–Crippen MR) is 89.3 cm³/mol. The Bertz CT molecular complexity index is 709. The molecule has 1 aromatic heterocycles. The Morgan fingerprint density at radius 3 is 2.38 bits per heavy atom. The van der Waals surface area contributed by atoms with Gasteiger partial charge in [0, 0.05) is 19.3 Å². The number of aliphatic carboxylic acids is 1. The van der Waals surface area contributed by atoms with E-state index in [1.165, 1.54) is 23.5 Å². The maximum absolute atomic E-state index is 11.9. The monoisotopic (exact) mass is 347 g/mol. The lowest BCUT2D eigenvalue weighted by Gasteiger charge is -2.14. The van der Waals surface area contributed by atoms with Gasteiger partial charge in [0.05, 0.1) is 4.88 Å². The van der Waals surface area contributed by atoms with Gasteiger partial charge < -0.3 is 15.5 Å². The van der Waals surface area contributed by atoms with Gasteiger partial charge in [0.2, 0.25) is 5.91 Å². The Labute approximate surface area is 142 Å². The highest BCUT2D eigenvalue weighted by atomic mass is 32.1. The van der Waals surface area contributed by atoms with Crippen molar-refractivity contribution in [1.82, 2.24) is 5.32 Å². The molecule has 0 saturated carbocycles. The quantitative estimate of drug-likeness (QED) is 0.635. The Morgan fingerprint density at radius 1 is 1.08 bits per heavy atom. The van der Waals surface area contributed by atoms with E-state index >= 15 is 0 Å². The largest absolute Gasteiger partial charge is 0.508 e. The maximum Gasteiger partial charge on any atom is 0.326 e. The number of rotatable bonds is 8. The van der Waals surface area contributed by atoms with E-state index in [1.807, 2.05) is 0 Å². The molecule has 0 spiro atoms. The lowest BCUT2D eigenvalue weighted by molar-refractivity contribution is -0.141. The molecule has 1 amide bonds. The number of carbonyl (C=O) groups excluding carboxylic acids is 2. The summed E-state index contributed by atoms with van der Waals surface area (Å²) in [5.74, 6) is -1.68. The second kappa shape index (κ2) is 8.26. The molecule has 0 aliphatic rings. The molecule has 0 radical (unpaired) electrons. The topological polar surface area (TPSA) is 104 Å². The van der Waals surface area contributed by atoms with Gasteiger partial charge in [-0.15, -0.1) is 11.3 Å². The number of phenolic OH excluding ortho intramolecular Hbond substituents is 1. The van der Waals surface area contributed by atoms with Crippen LogP contribution in [0.2, 0.25) is 0 Å². The van der Waals surface area contributed by atoms with E-state index < -0.39 is 17.9 Å². The van der Waals surface area contributed by atoms with Crippen molar-refractivity contribution in [2.45, 2.75) is 25.3 Å². The second-order valence-electron chi connectivity index (χ2n) is 5.23. The number of amides is 1. The minimum absolute atomic E-state index is 0.0396. The number of carboxylic acids is 1. The van der Waals surface area contributed by atoms with Gasteiger partial charge in [0.15, 0.2) is 5.78 Å². The average molecular weight is 347 g/mol. The normalized spacial score (nSPS) is 11.7. The standard InChI is InChI=1S/C17H17NO5S/c19-12-5-3-11(4-6-12)10-13(17(22)23)18-16(21)8-7-14(20)15-2-1-9-24-15/h1-6,9,13,19H,7-8,10H2,(H,18,21)(H,22,23). The fourth-order valence-electron chi connectivity index (χ4n) is 2.12. The van der Waals surface area contributed by atoms with Crippen LogP contribution >= 0.6 is 11.3 Å². The number of carboxylic acid groups (broad SMARTS) is 1. The fraction of sp³-hybridized carbons (Fsp3) is 0.235. The zero-order valence-electron chi connectivity index (χ0n) is 12.8. The molecule has 2 aromatic rings. The number of Topliss-reactive ketones (excluding diaryl/α,β-unsaturated/α-hetero) is 1. The second-order valence-corrected chi connectivity index (χ2v) is 6.18. The third kappa shape index (κ3) is 5.20. The van der Waals surface area contributed by atoms with Crippen LogP contribution in [0.4, 0.5) is 0 Å². The summed E-state index contributed by atoms with van der Waals surface area (Å²) >= 11 is 1.31. The van der Waals surface area contributed by atoms with Crippen LogP contribution in [0.3, 0.4) is 0 Å². The summed E-state index contributed by atoms with van der Waals surface area (Å²) in [4.78, 5) is 35.6. The van der Waals surface area contributed by atoms with Crippen LogP contribution in [0.1, 0.15) is 28.1 Å². The van der Waals surface area contributed by atoms with Crippen LogP contribution in [-0.2, 0) is 16.0 Å². The maximum atomic E-state index is 11.9. The van der Waals surface area contributed by atoms with Crippen molar-refractivity contribution in [3.8, 4) is 5.75 Å². The highest BCUT2D eigenvalue weighted by molar-refractivity contribution is 7.12. The first-order valence-electron chi connectivity index (χ1n) is 7.32. The number of nitrogens with one attached hydrogen (secondary N) is 1. The molecule has 126 valence electrons. The highest BCUT2D eigenvalue weighted by Gasteiger charge is 2.21. The predicted octanol–water partition coefficient (Wildman–Crippen LogP) is 2.23. The van der Waals surface area contributed by atoms with Gasteiger partial charge in [-0.3, -0.25) is 9.59 Å². The molecule has 2 rings (SSSR count). The molecular formula is C17H17NO5S. The molecule has 0 aliphatic carbocycles. The van der Waals surface area contributed by atoms with E-state index in [0.717, 1.165) is 0 Å². The number of ketones is 1. The van der Waals surface area contributed by atoms with Crippen molar-refractivity contribution < 1.29 is 24.6 Å². The minimum Gasteiger partial charge on any atom is -0.508 e. The van der Waals surface area contributed by atoms with Crippen molar-refractivity contribution in [2.24, 2.45) is 0 Å². The third-order valence-electron chi connectivity index (χ3n) is 3.38. The molecule has 0 bridgehead atoms. The summed E-state index contributed by atoms with van der Waals surface area (Å²) in [6.45, 7) is 0. The van der Waals surface area contributed by atoms with E-state index in [0.29, 0.717) is 10.4 Å². The van der Waals surface area contributed by atoms with E-state index in [9.17, 15) is 24.6 Å². The Hall–Kier alpha value is -2.67. The molecule has 0 fully saturated rings. The first-order chi connectivity index (χ1) is 11.5. The fourth-order valence-corrected chi connectivity index (χ4v) is 2.82. The van der Waals surface area contributed by atoms with Gasteiger partial charge in [-0.2, -0.15) is 0 Å². The molecular weight excluding hydrogens is 330 g/mol. The lowest BCUT2D eigenvalue weighted by Crippen LogP contribution is -2.42. The van der Waals surface area contributed by atoms with Crippen LogP contribution in [-0.4, -0.2) is 33.9 Å². The SMILES string of the molecule is O=C(CCC(=O)c1cccs1)NC(Cc1ccc(O)cc1)C(=O)O. The number of hydrogen-bond donors (Lipinski definition) is 3. The summed E-state index contributed by atoms with van der Waals surface area (Å²) in [5.41, 5.74) is 0.676. The van der Waals surface area contributed by atoms with Gasteiger partial charge in [-0.1, -0.05) is 18.2 Å². The van der Waals surface area contributed by atoms with E-state index in [-0.39, 0.29) is 30.8 Å². The molecule has 7 heteroatoms. The van der Waals surface area contributed by atoms with Crippen LogP contribution < -0.4 is 5.32 Å². The summed E-state index contributed by atoms with van der Waals surface area (Å²) in [7, 11) is 0. The van der Waals surface area contributed by atoms with Crippen LogP contribution in [0, 0.1) is 0 Å². The van der Waals surface area contributed by atoms with E-state index in [4.69, 9.17) is 0 Å². The van der Waals surface area contributed by atoms with Crippen molar-refractivity contribution in [1.29, 1.82) is 0 Å². The van der Waals surface area contributed by atoms with E-state index in [2.05, 4.69) is 5.32 Å². The highest BCUT2D eigenvalue weighted by Crippen LogP contribution is 2.13. The van der Waals surface area contributed by atoms with Crippen molar-refractivity contribution in [2.75, 3.05) is 0 Å². The zero-order valence-corrected chi connectivity index (χ0v) is 13.6. The van der Waals surface area contributed by atoms with Gasteiger partial charge in [-0.05, 0) is 29.1 Å². The minimum atomic E-state index is -1.15. The number of phenols is 1. The van der Waals surface area contributed by atoms with Crippen molar-refractivity contribution >= 4 is 29.0 Å². The third-order valence-corrected chi connectivity index (χ3v) is 4.30. The number of carbonyl (C=O) groups is 3. The summed E-state index contributed by atoms with van der Waals surface area (Å²) in [6, 6.07) is 8.46. The molecule has 1 atom stereocenters. The van der Waals surface area contributed by atoms with Gasteiger partial charge in [0.25, 0.3) is 0 Å². The van der Waals surface area contributed by atoms with Gasteiger partial charge in [0.1, 0.15) is 11.8 Å². The summed E-state index contributed by atoms with van der Waals surface area (Å²) in [5, 5.41) is 22.7. The number of thiophene rings is 1. The zero-order chi connectivity index (χ0) is 17.5. The smallest absolute Gasteiger partial charge is 0.326 e. The molecule has 3 N–H and O–H groups in total. The summed E-state index contributed by atoms with van der Waals surface area (Å²) in [6.07, 6.45) is 0.0776. The number of hydrogen-bond acceptors (Lipinski definition) is 5. The van der Waals surface area contributed by atoms with Gasteiger partial charge >= 0.3 is 5.97 Å². The molecule has 1 unspecified atom stereocenters. The molecule has 0 saturated heterocycles. The molecule has 0 aliphatic heterocycles. The molecule has 1 aromatic carbocycles. The number of aromatic hydroxyl groups is 1. The van der Waals surface area contributed by atoms with Crippen molar-refractivity contribution in [3.05, 3.63) is 52.2 Å². The van der Waals surface area contributed by atoms with Crippen LogP contribution in [0.5, 0.6) is 5.75 Å². The average Bonchev–Trinajstić information content (AvgIpc) is 3.08. The lowest BCUT2D eigenvalue weighted by atomic mass is 10.1.